The Labute approximate surface area is 150 Å². The highest BCUT2D eigenvalue weighted by atomic mass is 32.1. The van der Waals surface area contributed by atoms with Gasteiger partial charge >= 0.3 is 0 Å². The van der Waals surface area contributed by atoms with Crippen LogP contribution in [0.3, 0.4) is 0 Å². The van der Waals surface area contributed by atoms with Crippen LogP contribution in [0.2, 0.25) is 0 Å². The van der Waals surface area contributed by atoms with Gasteiger partial charge in [0.2, 0.25) is 0 Å². The number of methoxy groups -OCH3 is 2. The smallest absolute Gasteiger partial charge is 0.279 e. The van der Waals surface area contributed by atoms with Gasteiger partial charge in [0.1, 0.15) is 11.5 Å². The van der Waals surface area contributed by atoms with Crippen LogP contribution in [0.1, 0.15) is 21.5 Å². The topological polar surface area (TPSA) is 71.6 Å². The zero-order valence-electron chi connectivity index (χ0n) is 13.6. The number of hydrogen-bond donors (Lipinski definition) is 3. The summed E-state index contributed by atoms with van der Waals surface area (Å²) >= 11 is 6.64. The first-order valence-corrected chi connectivity index (χ1v) is 8.48. The summed E-state index contributed by atoms with van der Waals surface area (Å²) < 4.78 is 10.4. The Morgan fingerprint density at radius 1 is 1.17 bits per heavy atom. The van der Waals surface area contributed by atoms with Crippen molar-refractivity contribution in [1.29, 1.82) is 0 Å². The fourth-order valence-corrected chi connectivity index (χ4v) is 2.93. The van der Waals surface area contributed by atoms with E-state index in [-0.39, 0.29) is 11.0 Å². The number of carbonyl (C=O) groups is 1. The molecular weight excluding hydrogens is 346 g/mol. The lowest BCUT2D eigenvalue weighted by Gasteiger charge is -2.14. The molecule has 3 N–H and O–H groups in total. The van der Waals surface area contributed by atoms with Crippen LogP contribution in [-0.4, -0.2) is 25.2 Å². The first-order chi connectivity index (χ1) is 11.6. The third kappa shape index (κ3) is 4.59. The highest BCUT2D eigenvalue weighted by Crippen LogP contribution is 2.28. The third-order valence-corrected chi connectivity index (χ3v) is 4.61. The Morgan fingerprint density at radius 3 is 2.58 bits per heavy atom. The van der Waals surface area contributed by atoms with Crippen molar-refractivity contribution in [1.82, 2.24) is 10.9 Å². The summed E-state index contributed by atoms with van der Waals surface area (Å²) in [7, 11) is 3.14. The van der Waals surface area contributed by atoms with Gasteiger partial charge in [-0.25, -0.2) is 0 Å². The number of rotatable bonds is 5. The highest BCUT2D eigenvalue weighted by molar-refractivity contribution is 7.80. The van der Waals surface area contributed by atoms with E-state index in [4.69, 9.17) is 21.7 Å². The highest BCUT2D eigenvalue weighted by Gasteiger charge is 2.10. The molecule has 0 aliphatic rings. The molecule has 0 fully saturated rings. The van der Waals surface area contributed by atoms with Crippen molar-refractivity contribution < 1.29 is 14.3 Å². The number of thiophene rings is 1. The molecule has 0 spiro atoms. The van der Waals surface area contributed by atoms with Gasteiger partial charge in [0.25, 0.3) is 5.91 Å². The average molecular weight is 365 g/mol. The first-order valence-electron chi connectivity index (χ1n) is 7.25. The summed E-state index contributed by atoms with van der Waals surface area (Å²) in [6, 6.07) is 9.03. The van der Waals surface area contributed by atoms with Gasteiger partial charge in [-0.05, 0) is 42.9 Å². The van der Waals surface area contributed by atoms with Crippen molar-refractivity contribution in [2.24, 2.45) is 0 Å². The van der Waals surface area contributed by atoms with E-state index in [0.29, 0.717) is 22.1 Å². The lowest BCUT2D eigenvalue weighted by Crippen LogP contribution is -2.43. The Bertz CT molecular complexity index is 731. The SMILES string of the molecule is CCc1ccc(C(=O)NNC(=S)Nc2cc(OC)ccc2OC)s1. The minimum Gasteiger partial charge on any atom is -0.497 e. The van der Waals surface area contributed by atoms with Crippen LogP contribution in [-0.2, 0) is 6.42 Å². The number of hydrogen-bond acceptors (Lipinski definition) is 5. The normalized spacial score (nSPS) is 9.96. The van der Waals surface area contributed by atoms with Crippen molar-refractivity contribution in [3.63, 3.8) is 0 Å². The minimum atomic E-state index is -0.235. The Kier molecular flexibility index (Phi) is 6.39. The monoisotopic (exact) mass is 365 g/mol. The van der Waals surface area contributed by atoms with Crippen LogP contribution in [0.4, 0.5) is 5.69 Å². The van der Waals surface area contributed by atoms with E-state index in [0.717, 1.165) is 11.3 Å². The van der Waals surface area contributed by atoms with Crippen LogP contribution >= 0.6 is 23.6 Å². The van der Waals surface area contributed by atoms with Gasteiger partial charge in [-0.2, -0.15) is 0 Å². The molecule has 24 heavy (non-hydrogen) atoms. The maximum atomic E-state index is 12.1. The number of hydrazine groups is 1. The predicted octanol–water partition coefficient (Wildman–Crippen LogP) is 2.96. The molecule has 6 nitrogen and oxygen atoms in total. The van der Waals surface area contributed by atoms with Gasteiger partial charge < -0.3 is 14.8 Å². The van der Waals surface area contributed by atoms with Gasteiger partial charge in [0, 0.05) is 10.9 Å². The van der Waals surface area contributed by atoms with E-state index < -0.39 is 0 Å². The molecule has 128 valence electrons. The largest absolute Gasteiger partial charge is 0.497 e. The third-order valence-electron chi connectivity index (χ3n) is 3.18. The summed E-state index contributed by atoms with van der Waals surface area (Å²) in [6.07, 6.45) is 0.904. The van der Waals surface area contributed by atoms with Gasteiger partial charge in [-0.1, -0.05) is 6.92 Å². The lowest BCUT2D eigenvalue weighted by atomic mass is 10.2. The van der Waals surface area contributed by atoms with Crippen LogP contribution in [0.5, 0.6) is 11.5 Å². The number of anilines is 1. The summed E-state index contributed by atoms with van der Waals surface area (Å²) in [5, 5.41) is 3.20. The zero-order valence-corrected chi connectivity index (χ0v) is 15.3. The standard InChI is InChI=1S/C16H19N3O3S2/c1-4-11-6-8-14(24-11)15(20)18-19-16(23)17-12-9-10(21-2)5-7-13(12)22-3/h5-9H,4H2,1-3H3,(H,18,20)(H2,17,19,23). The molecule has 0 saturated carbocycles. The molecule has 2 rings (SSSR count). The molecule has 2 aromatic rings. The molecule has 0 radical (unpaired) electrons. The fraction of sp³-hybridized carbons (Fsp3) is 0.250. The maximum absolute atomic E-state index is 12.1. The summed E-state index contributed by atoms with van der Waals surface area (Å²) in [6.45, 7) is 2.05. The second-order valence-electron chi connectivity index (χ2n) is 4.72. The van der Waals surface area contributed by atoms with Crippen molar-refractivity contribution >= 4 is 40.3 Å². The Morgan fingerprint density at radius 2 is 1.96 bits per heavy atom. The molecule has 1 amide bonds. The molecule has 1 heterocycles. The molecule has 0 aliphatic carbocycles. The van der Waals surface area contributed by atoms with Gasteiger partial charge in [-0.3, -0.25) is 15.6 Å². The zero-order chi connectivity index (χ0) is 17.5. The Hall–Kier alpha value is -2.32. The Balaban J connectivity index is 1.94. The van der Waals surface area contributed by atoms with E-state index >= 15 is 0 Å². The summed E-state index contributed by atoms with van der Waals surface area (Å²) in [5.74, 6) is 1.04. The van der Waals surface area contributed by atoms with Gasteiger partial charge in [0.05, 0.1) is 24.8 Å². The van der Waals surface area contributed by atoms with Crippen molar-refractivity contribution in [3.05, 3.63) is 40.1 Å². The molecule has 1 aromatic carbocycles. The van der Waals surface area contributed by atoms with Crippen molar-refractivity contribution in [2.75, 3.05) is 19.5 Å². The quantitative estimate of drug-likeness (QED) is 0.559. The average Bonchev–Trinajstić information content (AvgIpc) is 3.08. The van der Waals surface area contributed by atoms with E-state index in [1.807, 2.05) is 13.0 Å². The molecule has 0 unspecified atom stereocenters. The number of amides is 1. The van der Waals surface area contributed by atoms with Crippen LogP contribution < -0.4 is 25.6 Å². The number of benzene rings is 1. The molecule has 0 aliphatic heterocycles. The van der Waals surface area contributed by atoms with E-state index in [1.54, 1.807) is 38.5 Å². The van der Waals surface area contributed by atoms with Gasteiger partial charge in [-0.15, -0.1) is 11.3 Å². The van der Waals surface area contributed by atoms with Gasteiger partial charge in [0.15, 0.2) is 5.11 Å². The number of ether oxygens (including phenoxy) is 2. The fourth-order valence-electron chi connectivity index (χ4n) is 1.93. The number of aryl methyl sites for hydroxylation is 1. The molecule has 0 atom stereocenters. The van der Waals surface area contributed by atoms with E-state index in [1.165, 1.54) is 11.3 Å². The summed E-state index contributed by atoms with van der Waals surface area (Å²) in [4.78, 5) is 13.8. The van der Waals surface area contributed by atoms with Crippen molar-refractivity contribution in [3.8, 4) is 11.5 Å². The number of carbonyl (C=O) groups excluding carboxylic acids is 1. The maximum Gasteiger partial charge on any atom is 0.279 e. The van der Waals surface area contributed by atoms with E-state index in [2.05, 4.69) is 16.2 Å². The minimum absolute atomic E-state index is 0.235. The van der Waals surface area contributed by atoms with Crippen LogP contribution in [0, 0.1) is 0 Å². The predicted molar refractivity (Wildman–Crippen MR) is 100 cm³/mol. The molecule has 0 saturated heterocycles. The number of thiocarbonyl (C=S) groups is 1. The second kappa shape index (κ2) is 8.51. The molecule has 0 bridgehead atoms. The van der Waals surface area contributed by atoms with Crippen LogP contribution in [0.25, 0.3) is 0 Å². The lowest BCUT2D eigenvalue weighted by molar-refractivity contribution is 0.0948. The molecular formula is C16H19N3O3S2. The van der Waals surface area contributed by atoms with E-state index in [9.17, 15) is 4.79 Å². The second-order valence-corrected chi connectivity index (χ2v) is 6.30. The molecule has 8 heteroatoms. The van der Waals surface area contributed by atoms with Crippen LogP contribution in [0.15, 0.2) is 30.3 Å². The molecule has 1 aromatic heterocycles. The summed E-state index contributed by atoms with van der Waals surface area (Å²) in [5.41, 5.74) is 5.88. The van der Waals surface area contributed by atoms with Crippen molar-refractivity contribution in [2.45, 2.75) is 13.3 Å². The first kappa shape index (κ1) is 18.0. The number of nitrogens with one attached hydrogen (secondary N) is 3.